The Balaban J connectivity index is 1.58. The Hall–Kier alpha value is -3.35. The molecule has 27 heavy (non-hydrogen) atoms. The molecular formula is C20H22N4O3. The van der Waals surface area contributed by atoms with Crippen molar-refractivity contribution in [3.63, 3.8) is 0 Å². The van der Waals surface area contributed by atoms with E-state index in [0.717, 1.165) is 11.3 Å². The fourth-order valence-corrected chi connectivity index (χ4v) is 3.01. The Morgan fingerprint density at radius 1 is 1.04 bits per heavy atom. The Labute approximate surface area is 157 Å². The van der Waals surface area contributed by atoms with E-state index in [2.05, 4.69) is 16.0 Å². The van der Waals surface area contributed by atoms with Crippen molar-refractivity contribution in [1.82, 2.24) is 5.32 Å². The van der Waals surface area contributed by atoms with Gasteiger partial charge in [0.25, 0.3) is 0 Å². The molecule has 0 bridgehead atoms. The maximum Gasteiger partial charge on any atom is 0.319 e. The third kappa shape index (κ3) is 4.84. The minimum atomic E-state index is -0.390. The zero-order valence-corrected chi connectivity index (χ0v) is 15.3. The van der Waals surface area contributed by atoms with E-state index in [1.54, 1.807) is 29.2 Å². The number of benzene rings is 2. The van der Waals surface area contributed by atoms with Crippen molar-refractivity contribution in [1.29, 1.82) is 0 Å². The molecule has 4 amide bonds. The Kier molecular flexibility index (Phi) is 5.40. The predicted molar refractivity (Wildman–Crippen MR) is 105 cm³/mol. The van der Waals surface area contributed by atoms with Crippen molar-refractivity contribution in [2.75, 3.05) is 22.1 Å². The number of hydrogen-bond acceptors (Lipinski definition) is 3. The molecule has 7 heteroatoms. The Morgan fingerprint density at radius 3 is 2.37 bits per heavy atom. The summed E-state index contributed by atoms with van der Waals surface area (Å²) in [6.45, 7) is 3.84. The summed E-state index contributed by atoms with van der Waals surface area (Å²) in [6.07, 6.45) is 0.257. The highest BCUT2D eigenvalue weighted by atomic mass is 16.2. The van der Waals surface area contributed by atoms with E-state index >= 15 is 0 Å². The van der Waals surface area contributed by atoms with Crippen LogP contribution in [0.2, 0.25) is 0 Å². The third-order valence-corrected chi connectivity index (χ3v) is 4.25. The maximum absolute atomic E-state index is 12.3. The normalized spacial score (nSPS) is 16.1. The number of urea groups is 1. The van der Waals surface area contributed by atoms with Crippen molar-refractivity contribution in [3.8, 4) is 0 Å². The molecule has 0 unspecified atom stereocenters. The summed E-state index contributed by atoms with van der Waals surface area (Å²) in [5.41, 5.74) is 3.11. The summed E-state index contributed by atoms with van der Waals surface area (Å²) >= 11 is 0. The highest BCUT2D eigenvalue weighted by molar-refractivity contribution is 5.98. The second-order valence-electron chi connectivity index (χ2n) is 6.60. The number of carbonyl (C=O) groups is 3. The van der Waals surface area contributed by atoms with Crippen LogP contribution in [0.1, 0.15) is 18.9 Å². The number of rotatable bonds is 4. The van der Waals surface area contributed by atoms with Crippen LogP contribution in [-0.4, -0.2) is 30.4 Å². The van der Waals surface area contributed by atoms with Gasteiger partial charge in [0.2, 0.25) is 11.8 Å². The molecule has 2 aromatic rings. The van der Waals surface area contributed by atoms with E-state index < -0.39 is 6.03 Å². The highest BCUT2D eigenvalue weighted by Gasteiger charge is 2.31. The van der Waals surface area contributed by atoms with Gasteiger partial charge in [-0.05, 0) is 37.3 Å². The van der Waals surface area contributed by atoms with Gasteiger partial charge in [-0.2, -0.15) is 0 Å². The van der Waals surface area contributed by atoms with Gasteiger partial charge in [-0.1, -0.05) is 23.8 Å². The molecule has 1 aliphatic heterocycles. The number of anilines is 3. The van der Waals surface area contributed by atoms with Gasteiger partial charge < -0.3 is 20.9 Å². The maximum atomic E-state index is 12.3. The third-order valence-electron chi connectivity index (χ3n) is 4.25. The van der Waals surface area contributed by atoms with Gasteiger partial charge in [-0.3, -0.25) is 9.59 Å². The van der Waals surface area contributed by atoms with Gasteiger partial charge in [0.15, 0.2) is 0 Å². The number of amides is 4. The summed E-state index contributed by atoms with van der Waals surface area (Å²) in [4.78, 5) is 37.3. The lowest BCUT2D eigenvalue weighted by Crippen LogP contribution is -2.39. The number of hydrogen-bond donors (Lipinski definition) is 3. The molecule has 0 saturated carbocycles. The summed E-state index contributed by atoms with van der Waals surface area (Å²) in [5.74, 6) is -0.200. The lowest BCUT2D eigenvalue weighted by molar-refractivity contribution is -0.117. The van der Waals surface area contributed by atoms with Crippen LogP contribution in [-0.2, 0) is 9.59 Å². The second-order valence-corrected chi connectivity index (χ2v) is 6.60. The fourth-order valence-electron chi connectivity index (χ4n) is 3.01. The molecule has 0 aromatic heterocycles. The minimum absolute atomic E-state index is 0.0168. The molecule has 1 fully saturated rings. The molecule has 1 atom stereocenters. The molecule has 7 nitrogen and oxygen atoms in total. The number of nitrogens with one attached hydrogen (secondary N) is 3. The first kappa shape index (κ1) is 18.4. The lowest BCUT2D eigenvalue weighted by Gasteiger charge is -2.17. The Bertz CT molecular complexity index is 864. The summed E-state index contributed by atoms with van der Waals surface area (Å²) in [7, 11) is 0. The molecule has 1 heterocycles. The van der Waals surface area contributed by atoms with E-state index in [1.807, 2.05) is 31.2 Å². The number of nitrogens with zero attached hydrogens (tertiary/aromatic N) is 1. The van der Waals surface area contributed by atoms with E-state index in [-0.39, 0.29) is 24.3 Å². The monoisotopic (exact) mass is 366 g/mol. The zero-order valence-electron chi connectivity index (χ0n) is 15.3. The van der Waals surface area contributed by atoms with Gasteiger partial charge in [-0.15, -0.1) is 0 Å². The SMILES string of the molecule is CC(=O)Nc1cccc(NC(=O)N[C@H]2CC(=O)N(c3ccc(C)cc3)C2)c1. The van der Waals surface area contributed by atoms with Gasteiger partial charge in [-0.25, -0.2) is 4.79 Å². The van der Waals surface area contributed by atoms with Gasteiger partial charge >= 0.3 is 6.03 Å². The quantitative estimate of drug-likeness (QED) is 0.777. The topological polar surface area (TPSA) is 90.5 Å². The van der Waals surface area contributed by atoms with Crippen molar-refractivity contribution in [3.05, 3.63) is 54.1 Å². The van der Waals surface area contributed by atoms with Crippen molar-refractivity contribution >= 4 is 34.9 Å². The number of carbonyl (C=O) groups excluding carboxylic acids is 3. The van der Waals surface area contributed by atoms with Crippen LogP contribution < -0.4 is 20.9 Å². The zero-order chi connectivity index (χ0) is 19.4. The van der Waals surface area contributed by atoms with E-state index in [1.165, 1.54) is 6.92 Å². The standard InChI is InChI=1S/C20H22N4O3/c1-13-6-8-18(9-7-13)24-12-17(11-19(24)26)23-20(27)22-16-5-3-4-15(10-16)21-14(2)25/h3-10,17H,11-12H2,1-2H3,(H,21,25)(H2,22,23,27)/t17-/m0/s1. The molecule has 0 spiro atoms. The lowest BCUT2D eigenvalue weighted by atomic mass is 10.2. The highest BCUT2D eigenvalue weighted by Crippen LogP contribution is 2.22. The number of aryl methyl sites for hydroxylation is 1. The predicted octanol–water partition coefficient (Wildman–Crippen LogP) is 2.88. The van der Waals surface area contributed by atoms with E-state index in [4.69, 9.17) is 0 Å². The average Bonchev–Trinajstić information content (AvgIpc) is 2.95. The Morgan fingerprint density at radius 2 is 1.70 bits per heavy atom. The first-order chi connectivity index (χ1) is 12.9. The van der Waals surface area contributed by atoms with Crippen molar-refractivity contribution in [2.45, 2.75) is 26.3 Å². The summed E-state index contributed by atoms with van der Waals surface area (Å²) in [6, 6.07) is 13.9. The minimum Gasteiger partial charge on any atom is -0.333 e. The van der Waals surface area contributed by atoms with E-state index in [0.29, 0.717) is 17.9 Å². The second kappa shape index (κ2) is 7.90. The molecule has 1 saturated heterocycles. The van der Waals surface area contributed by atoms with Gasteiger partial charge in [0.1, 0.15) is 0 Å². The first-order valence-corrected chi connectivity index (χ1v) is 8.73. The van der Waals surface area contributed by atoms with Crippen LogP contribution in [0.4, 0.5) is 21.9 Å². The van der Waals surface area contributed by atoms with Crippen LogP contribution >= 0.6 is 0 Å². The van der Waals surface area contributed by atoms with E-state index in [9.17, 15) is 14.4 Å². The fraction of sp³-hybridized carbons (Fsp3) is 0.250. The average molecular weight is 366 g/mol. The van der Waals surface area contributed by atoms with Crippen LogP contribution in [0, 0.1) is 6.92 Å². The molecule has 3 rings (SSSR count). The van der Waals surface area contributed by atoms with Crippen LogP contribution in [0.15, 0.2) is 48.5 Å². The van der Waals surface area contributed by atoms with Crippen molar-refractivity contribution < 1.29 is 14.4 Å². The summed E-state index contributed by atoms with van der Waals surface area (Å²) < 4.78 is 0. The molecule has 0 aliphatic carbocycles. The van der Waals surface area contributed by atoms with Crippen LogP contribution in [0.5, 0.6) is 0 Å². The smallest absolute Gasteiger partial charge is 0.319 e. The molecule has 2 aromatic carbocycles. The molecule has 0 radical (unpaired) electrons. The van der Waals surface area contributed by atoms with Crippen molar-refractivity contribution in [2.24, 2.45) is 0 Å². The first-order valence-electron chi connectivity index (χ1n) is 8.73. The van der Waals surface area contributed by atoms with Gasteiger partial charge in [0, 0.05) is 37.0 Å². The van der Waals surface area contributed by atoms with Crippen LogP contribution in [0.25, 0.3) is 0 Å². The molecular weight excluding hydrogens is 344 g/mol. The van der Waals surface area contributed by atoms with Crippen LogP contribution in [0.3, 0.4) is 0 Å². The largest absolute Gasteiger partial charge is 0.333 e. The van der Waals surface area contributed by atoms with Gasteiger partial charge in [0.05, 0.1) is 6.04 Å². The molecule has 3 N–H and O–H groups in total. The molecule has 140 valence electrons. The summed E-state index contributed by atoms with van der Waals surface area (Å²) in [5, 5.41) is 8.22. The molecule has 1 aliphatic rings.